The van der Waals surface area contributed by atoms with Gasteiger partial charge in [0.25, 0.3) is 0 Å². The lowest BCUT2D eigenvalue weighted by Crippen LogP contribution is -2.03. The topological polar surface area (TPSA) is 20.2 Å². The van der Waals surface area contributed by atoms with Crippen LogP contribution in [0.25, 0.3) is 0 Å². The third kappa shape index (κ3) is 3.03. The SMILES string of the molecule is CCCCC(O)c1c(C)cc(F)cc1C. The second kappa shape index (κ2) is 5.26. The molecule has 1 atom stereocenters. The summed E-state index contributed by atoms with van der Waals surface area (Å²) in [5.74, 6) is -0.226. The number of halogens is 1. The molecule has 0 fully saturated rings. The van der Waals surface area contributed by atoms with Gasteiger partial charge >= 0.3 is 0 Å². The van der Waals surface area contributed by atoms with Gasteiger partial charge in [-0.15, -0.1) is 0 Å². The van der Waals surface area contributed by atoms with E-state index in [2.05, 4.69) is 6.92 Å². The summed E-state index contributed by atoms with van der Waals surface area (Å²) < 4.78 is 13.0. The first-order valence-corrected chi connectivity index (χ1v) is 5.51. The molecule has 2 heteroatoms. The van der Waals surface area contributed by atoms with Crippen LogP contribution >= 0.6 is 0 Å². The van der Waals surface area contributed by atoms with Crippen molar-refractivity contribution >= 4 is 0 Å². The number of unbranched alkanes of at least 4 members (excludes halogenated alkanes) is 1. The number of hydrogen-bond donors (Lipinski definition) is 1. The molecule has 0 spiro atoms. The highest BCUT2D eigenvalue weighted by molar-refractivity contribution is 5.35. The molecule has 1 nitrogen and oxygen atoms in total. The van der Waals surface area contributed by atoms with Crippen LogP contribution in [0, 0.1) is 19.7 Å². The molecule has 0 aliphatic heterocycles. The van der Waals surface area contributed by atoms with Gasteiger partial charge in [-0.1, -0.05) is 19.8 Å². The van der Waals surface area contributed by atoms with E-state index < -0.39 is 6.10 Å². The first-order valence-electron chi connectivity index (χ1n) is 5.51. The van der Waals surface area contributed by atoms with E-state index >= 15 is 0 Å². The number of aryl methyl sites for hydroxylation is 2. The molecule has 0 aliphatic rings. The highest BCUT2D eigenvalue weighted by Crippen LogP contribution is 2.26. The molecule has 0 heterocycles. The molecule has 0 radical (unpaired) electrons. The van der Waals surface area contributed by atoms with E-state index in [1.54, 1.807) is 0 Å². The molecule has 84 valence electrons. The minimum atomic E-state index is -0.453. The monoisotopic (exact) mass is 210 g/mol. The molecular formula is C13H19FO. The van der Waals surface area contributed by atoms with Crippen molar-refractivity contribution in [1.82, 2.24) is 0 Å². The van der Waals surface area contributed by atoms with E-state index in [1.165, 1.54) is 12.1 Å². The van der Waals surface area contributed by atoms with Gasteiger partial charge in [-0.3, -0.25) is 0 Å². The molecule has 1 rings (SSSR count). The molecule has 0 bridgehead atoms. The average Bonchev–Trinajstić information content (AvgIpc) is 2.12. The summed E-state index contributed by atoms with van der Waals surface area (Å²) >= 11 is 0. The molecule has 15 heavy (non-hydrogen) atoms. The van der Waals surface area contributed by atoms with Crippen LogP contribution in [0.15, 0.2) is 12.1 Å². The van der Waals surface area contributed by atoms with Crippen LogP contribution in [0.2, 0.25) is 0 Å². The fraction of sp³-hybridized carbons (Fsp3) is 0.538. The Morgan fingerprint density at radius 3 is 2.27 bits per heavy atom. The second-order valence-electron chi connectivity index (χ2n) is 4.11. The molecule has 0 saturated carbocycles. The van der Waals surface area contributed by atoms with Crippen LogP contribution in [0.5, 0.6) is 0 Å². The van der Waals surface area contributed by atoms with E-state index in [4.69, 9.17) is 0 Å². The van der Waals surface area contributed by atoms with Crippen molar-refractivity contribution < 1.29 is 9.50 Å². The summed E-state index contributed by atoms with van der Waals surface area (Å²) in [7, 11) is 0. The maximum absolute atomic E-state index is 13.0. The zero-order chi connectivity index (χ0) is 11.4. The number of rotatable bonds is 4. The predicted octanol–water partition coefficient (Wildman–Crippen LogP) is 3.67. The standard InChI is InChI=1S/C13H19FO/c1-4-5-6-12(15)13-9(2)7-11(14)8-10(13)3/h7-8,12,15H,4-6H2,1-3H3. The summed E-state index contributed by atoms with van der Waals surface area (Å²) in [5, 5.41) is 9.98. The lowest BCUT2D eigenvalue weighted by Gasteiger charge is -2.16. The van der Waals surface area contributed by atoms with Crippen molar-refractivity contribution in [3.63, 3.8) is 0 Å². The summed E-state index contributed by atoms with van der Waals surface area (Å²) in [6.45, 7) is 5.79. The average molecular weight is 210 g/mol. The van der Waals surface area contributed by atoms with Gasteiger partial charge in [0.2, 0.25) is 0 Å². The lowest BCUT2D eigenvalue weighted by molar-refractivity contribution is 0.163. The van der Waals surface area contributed by atoms with E-state index in [0.29, 0.717) is 0 Å². The summed E-state index contributed by atoms with van der Waals surface area (Å²) in [6.07, 6.45) is 2.36. The molecule has 1 unspecified atom stereocenters. The van der Waals surface area contributed by atoms with Crippen LogP contribution in [0.4, 0.5) is 4.39 Å². The highest BCUT2D eigenvalue weighted by atomic mass is 19.1. The Bertz CT molecular complexity index is 310. The van der Waals surface area contributed by atoms with E-state index in [1.807, 2.05) is 13.8 Å². The van der Waals surface area contributed by atoms with Crippen molar-refractivity contribution in [2.75, 3.05) is 0 Å². The van der Waals surface area contributed by atoms with Gasteiger partial charge < -0.3 is 5.11 Å². The molecule has 0 aliphatic carbocycles. The summed E-state index contributed by atoms with van der Waals surface area (Å²) in [4.78, 5) is 0. The minimum Gasteiger partial charge on any atom is -0.388 e. The van der Waals surface area contributed by atoms with Crippen LogP contribution in [0.3, 0.4) is 0 Å². The van der Waals surface area contributed by atoms with Crippen molar-refractivity contribution in [2.24, 2.45) is 0 Å². The Balaban J connectivity index is 2.92. The molecule has 0 saturated heterocycles. The van der Waals surface area contributed by atoms with Crippen molar-refractivity contribution in [1.29, 1.82) is 0 Å². The Morgan fingerprint density at radius 1 is 1.27 bits per heavy atom. The maximum Gasteiger partial charge on any atom is 0.123 e. The van der Waals surface area contributed by atoms with Gasteiger partial charge in [0.05, 0.1) is 6.10 Å². The van der Waals surface area contributed by atoms with Crippen molar-refractivity contribution in [2.45, 2.75) is 46.1 Å². The van der Waals surface area contributed by atoms with Crippen molar-refractivity contribution in [3.8, 4) is 0 Å². The molecule has 1 aromatic carbocycles. The van der Waals surface area contributed by atoms with E-state index in [0.717, 1.165) is 36.0 Å². The first kappa shape index (κ1) is 12.2. The van der Waals surface area contributed by atoms with Crippen LogP contribution in [-0.2, 0) is 0 Å². The maximum atomic E-state index is 13.0. The molecule has 1 aromatic rings. The smallest absolute Gasteiger partial charge is 0.123 e. The molecule has 0 amide bonds. The van der Waals surface area contributed by atoms with Gasteiger partial charge in [0.1, 0.15) is 5.82 Å². The first-order chi connectivity index (χ1) is 7.06. The van der Waals surface area contributed by atoms with Crippen LogP contribution in [0.1, 0.15) is 49.0 Å². The summed E-state index contributed by atoms with van der Waals surface area (Å²) in [5.41, 5.74) is 2.58. The second-order valence-corrected chi connectivity index (χ2v) is 4.11. The Kier molecular flexibility index (Phi) is 4.28. The Morgan fingerprint density at radius 2 is 1.80 bits per heavy atom. The van der Waals surface area contributed by atoms with Crippen molar-refractivity contribution in [3.05, 3.63) is 34.6 Å². The van der Waals surface area contributed by atoms with Gasteiger partial charge in [-0.25, -0.2) is 4.39 Å². The van der Waals surface area contributed by atoms with Crippen LogP contribution < -0.4 is 0 Å². The lowest BCUT2D eigenvalue weighted by atomic mass is 9.95. The number of aliphatic hydroxyl groups is 1. The van der Waals surface area contributed by atoms with Gasteiger partial charge in [0, 0.05) is 0 Å². The fourth-order valence-electron chi connectivity index (χ4n) is 1.99. The summed E-state index contributed by atoms with van der Waals surface area (Å²) in [6, 6.07) is 2.97. The minimum absolute atomic E-state index is 0.226. The third-order valence-electron chi connectivity index (χ3n) is 2.72. The Hall–Kier alpha value is -0.890. The van der Waals surface area contributed by atoms with Gasteiger partial charge in [0.15, 0.2) is 0 Å². The molecular weight excluding hydrogens is 191 g/mol. The largest absolute Gasteiger partial charge is 0.388 e. The number of hydrogen-bond acceptors (Lipinski definition) is 1. The third-order valence-corrected chi connectivity index (χ3v) is 2.72. The number of aliphatic hydroxyl groups excluding tert-OH is 1. The normalized spacial score (nSPS) is 12.9. The van der Waals surface area contributed by atoms with Crippen LogP contribution in [-0.4, -0.2) is 5.11 Å². The number of benzene rings is 1. The highest BCUT2D eigenvalue weighted by Gasteiger charge is 2.13. The van der Waals surface area contributed by atoms with Gasteiger partial charge in [-0.05, 0) is 49.1 Å². The van der Waals surface area contributed by atoms with E-state index in [-0.39, 0.29) is 5.82 Å². The zero-order valence-corrected chi connectivity index (χ0v) is 9.68. The molecule has 1 N–H and O–H groups in total. The van der Waals surface area contributed by atoms with E-state index in [9.17, 15) is 9.50 Å². The van der Waals surface area contributed by atoms with Gasteiger partial charge in [-0.2, -0.15) is 0 Å². The Labute approximate surface area is 90.9 Å². The fourth-order valence-corrected chi connectivity index (χ4v) is 1.99. The zero-order valence-electron chi connectivity index (χ0n) is 9.68. The predicted molar refractivity (Wildman–Crippen MR) is 60.4 cm³/mol. The quantitative estimate of drug-likeness (QED) is 0.804. The molecule has 0 aromatic heterocycles.